The highest BCUT2D eigenvalue weighted by Gasteiger charge is 2.10. The number of H-pyrrole nitrogens is 2. The van der Waals surface area contributed by atoms with E-state index in [1.165, 1.54) is 0 Å². The second kappa shape index (κ2) is 4.37. The summed E-state index contributed by atoms with van der Waals surface area (Å²) in [5.41, 5.74) is 2.62. The molecule has 3 rings (SSSR count). The fourth-order valence-electron chi connectivity index (χ4n) is 1.80. The van der Waals surface area contributed by atoms with E-state index in [1.54, 1.807) is 0 Å². The van der Waals surface area contributed by atoms with Gasteiger partial charge in [0.1, 0.15) is 0 Å². The van der Waals surface area contributed by atoms with Gasteiger partial charge in [0, 0.05) is 11.9 Å². The number of nitrogens with one attached hydrogen (secondary N) is 3. The van der Waals surface area contributed by atoms with E-state index in [4.69, 9.17) is 0 Å². The first kappa shape index (κ1) is 10.6. The standard InChI is InChI=1S/C13H12N4O/c18-13(15-8-9-4-3-7-14-9)12-16-10-5-1-2-6-11(10)17-12/h1-7,14H,8H2,(H,15,18)(H,16,17). The Morgan fingerprint density at radius 2 is 2.11 bits per heavy atom. The number of imidazole rings is 1. The number of carbonyl (C=O) groups excluding carboxylic acids is 1. The minimum absolute atomic E-state index is 0.208. The maximum atomic E-state index is 11.9. The summed E-state index contributed by atoms with van der Waals surface area (Å²) in [6, 6.07) is 11.4. The minimum atomic E-state index is -0.208. The van der Waals surface area contributed by atoms with Crippen LogP contribution in [0.1, 0.15) is 16.3 Å². The van der Waals surface area contributed by atoms with Crippen LogP contribution in [-0.4, -0.2) is 20.9 Å². The van der Waals surface area contributed by atoms with E-state index in [2.05, 4.69) is 20.3 Å². The number of amides is 1. The van der Waals surface area contributed by atoms with Gasteiger partial charge in [-0.2, -0.15) is 0 Å². The van der Waals surface area contributed by atoms with Crippen LogP contribution in [0.15, 0.2) is 42.6 Å². The van der Waals surface area contributed by atoms with Gasteiger partial charge in [-0.15, -0.1) is 0 Å². The Bertz CT molecular complexity index is 636. The maximum absolute atomic E-state index is 11.9. The van der Waals surface area contributed by atoms with Crippen LogP contribution in [0, 0.1) is 0 Å². The molecule has 0 aliphatic carbocycles. The van der Waals surface area contributed by atoms with Crippen molar-refractivity contribution in [1.29, 1.82) is 0 Å². The third kappa shape index (κ3) is 1.98. The summed E-state index contributed by atoms with van der Waals surface area (Å²) in [7, 11) is 0. The molecule has 3 N–H and O–H groups in total. The Balaban J connectivity index is 1.75. The predicted octanol–water partition coefficient (Wildman–Crippen LogP) is 1.82. The molecular formula is C13H12N4O. The first-order chi connectivity index (χ1) is 8.83. The molecule has 5 nitrogen and oxygen atoms in total. The Kier molecular flexibility index (Phi) is 2.57. The lowest BCUT2D eigenvalue weighted by molar-refractivity contribution is 0.0941. The van der Waals surface area contributed by atoms with Gasteiger partial charge in [-0.25, -0.2) is 4.98 Å². The summed E-state index contributed by atoms with van der Waals surface area (Å²) in [6.45, 7) is 0.461. The van der Waals surface area contributed by atoms with Crippen LogP contribution in [0.4, 0.5) is 0 Å². The Morgan fingerprint density at radius 3 is 2.89 bits per heavy atom. The lowest BCUT2D eigenvalue weighted by Crippen LogP contribution is -2.24. The van der Waals surface area contributed by atoms with Crippen molar-refractivity contribution in [2.75, 3.05) is 0 Å². The lowest BCUT2D eigenvalue weighted by Gasteiger charge is -2.00. The van der Waals surface area contributed by atoms with E-state index in [9.17, 15) is 4.79 Å². The zero-order valence-electron chi connectivity index (χ0n) is 9.60. The molecule has 0 aliphatic heterocycles. The van der Waals surface area contributed by atoms with Gasteiger partial charge >= 0.3 is 0 Å². The van der Waals surface area contributed by atoms with Crippen molar-refractivity contribution in [3.8, 4) is 0 Å². The number of para-hydroxylation sites is 2. The molecule has 0 radical (unpaired) electrons. The number of fused-ring (bicyclic) bond motifs is 1. The summed E-state index contributed by atoms with van der Waals surface area (Å²) >= 11 is 0. The highest BCUT2D eigenvalue weighted by molar-refractivity contribution is 5.94. The Labute approximate surface area is 103 Å². The number of hydrogen-bond acceptors (Lipinski definition) is 2. The first-order valence-electron chi connectivity index (χ1n) is 5.68. The van der Waals surface area contributed by atoms with E-state index >= 15 is 0 Å². The lowest BCUT2D eigenvalue weighted by atomic mass is 10.3. The minimum Gasteiger partial charge on any atom is -0.364 e. The number of benzene rings is 1. The van der Waals surface area contributed by atoms with Crippen LogP contribution in [0.25, 0.3) is 11.0 Å². The van der Waals surface area contributed by atoms with Gasteiger partial charge in [-0.3, -0.25) is 4.79 Å². The normalized spacial score (nSPS) is 10.7. The topological polar surface area (TPSA) is 73.6 Å². The molecule has 0 bridgehead atoms. The van der Waals surface area contributed by atoms with Crippen LogP contribution in [0.5, 0.6) is 0 Å². The SMILES string of the molecule is O=C(NCc1ccc[nH]1)c1nc2ccccc2[nH]1. The van der Waals surface area contributed by atoms with Gasteiger partial charge in [0.15, 0.2) is 5.82 Å². The van der Waals surface area contributed by atoms with E-state index < -0.39 is 0 Å². The van der Waals surface area contributed by atoms with Crippen molar-refractivity contribution in [3.05, 3.63) is 54.1 Å². The molecule has 18 heavy (non-hydrogen) atoms. The molecule has 0 spiro atoms. The summed E-state index contributed by atoms with van der Waals surface area (Å²) in [4.78, 5) is 22.1. The molecule has 1 aromatic carbocycles. The smallest absolute Gasteiger partial charge is 0.287 e. The molecule has 1 amide bonds. The van der Waals surface area contributed by atoms with Crippen molar-refractivity contribution >= 4 is 16.9 Å². The van der Waals surface area contributed by atoms with Gasteiger partial charge < -0.3 is 15.3 Å². The average Bonchev–Trinajstić information content (AvgIpc) is 3.04. The summed E-state index contributed by atoms with van der Waals surface area (Å²) in [5.74, 6) is 0.128. The molecule has 0 atom stereocenters. The van der Waals surface area contributed by atoms with Crippen molar-refractivity contribution in [3.63, 3.8) is 0 Å². The molecule has 0 aliphatic rings. The predicted molar refractivity (Wildman–Crippen MR) is 68.1 cm³/mol. The Morgan fingerprint density at radius 1 is 1.22 bits per heavy atom. The van der Waals surface area contributed by atoms with Crippen molar-refractivity contribution in [2.45, 2.75) is 6.54 Å². The van der Waals surface area contributed by atoms with Crippen LogP contribution < -0.4 is 5.32 Å². The number of hydrogen-bond donors (Lipinski definition) is 3. The third-order valence-electron chi connectivity index (χ3n) is 2.71. The van der Waals surface area contributed by atoms with Crippen molar-refractivity contribution in [1.82, 2.24) is 20.3 Å². The monoisotopic (exact) mass is 240 g/mol. The van der Waals surface area contributed by atoms with E-state index in [1.807, 2.05) is 42.6 Å². The van der Waals surface area contributed by atoms with E-state index in [-0.39, 0.29) is 5.91 Å². The molecule has 2 heterocycles. The van der Waals surface area contributed by atoms with Crippen molar-refractivity contribution in [2.24, 2.45) is 0 Å². The van der Waals surface area contributed by atoms with Crippen LogP contribution >= 0.6 is 0 Å². The maximum Gasteiger partial charge on any atom is 0.287 e. The van der Waals surface area contributed by atoms with Gasteiger partial charge in [-0.1, -0.05) is 12.1 Å². The van der Waals surface area contributed by atoms with Crippen molar-refractivity contribution < 1.29 is 4.79 Å². The molecule has 0 saturated heterocycles. The van der Waals surface area contributed by atoms with E-state index in [0.29, 0.717) is 12.4 Å². The molecular weight excluding hydrogens is 228 g/mol. The Hall–Kier alpha value is -2.56. The van der Waals surface area contributed by atoms with Gasteiger partial charge in [-0.05, 0) is 24.3 Å². The average molecular weight is 240 g/mol. The molecule has 0 fully saturated rings. The molecule has 90 valence electrons. The van der Waals surface area contributed by atoms with E-state index in [0.717, 1.165) is 16.7 Å². The number of aromatic amines is 2. The summed E-state index contributed by atoms with van der Waals surface area (Å²) < 4.78 is 0. The van der Waals surface area contributed by atoms with Gasteiger partial charge in [0.05, 0.1) is 17.6 Å². The first-order valence-corrected chi connectivity index (χ1v) is 5.68. The van der Waals surface area contributed by atoms with Gasteiger partial charge in [0.2, 0.25) is 0 Å². The fraction of sp³-hybridized carbons (Fsp3) is 0.0769. The third-order valence-corrected chi connectivity index (χ3v) is 2.71. The fourth-order valence-corrected chi connectivity index (χ4v) is 1.80. The second-order valence-electron chi connectivity index (χ2n) is 3.98. The quantitative estimate of drug-likeness (QED) is 0.653. The second-order valence-corrected chi connectivity index (χ2v) is 3.98. The van der Waals surface area contributed by atoms with Crippen LogP contribution in [0.2, 0.25) is 0 Å². The zero-order chi connectivity index (χ0) is 12.4. The molecule has 3 aromatic rings. The molecule has 0 unspecified atom stereocenters. The number of aromatic nitrogens is 3. The summed E-state index contributed by atoms with van der Waals surface area (Å²) in [6.07, 6.45) is 1.82. The van der Waals surface area contributed by atoms with Crippen LogP contribution in [0.3, 0.4) is 0 Å². The number of carbonyl (C=O) groups is 1. The van der Waals surface area contributed by atoms with Crippen LogP contribution in [-0.2, 0) is 6.54 Å². The summed E-state index contributed by atoms with van der Waals surface area (Å²) in [5, 5.41) is 2.80. The molecule has 5 heteroatoms. The largest absolute Gasteiger partial charge is 0.364 e. The highest BCUT2D eigenvalue weighted by Crippen LogP contribution is 2.10. The molecule has 2 aromatic heterocycles. The number of nitrogens with zero attached hydrogens (tertiary/aromatic N) is 1. The highest BCUT2D eigenvalue weighted by atomic mass is 16.2. The molecule has 0 saturated carbocycles. The zero-order valence-corrected chi connectivity index (χ0v) is 9.60. The number of rotatable bonds is 3. The van der Waals surface area contributed by atoms with Gasteiger partial charge in [0.25, 0.3) is 5.91 Å².